The fourth-order valence-electron chi connectivity index (χ4n) is 1.13. The van der Waals surface area contributed by atoms with Crippen molar-refractivity contribution in [2.45, 2.75) is 37.9 Å². The first-order valence-corrected chi connectivity index (χ1v) is 6.49. The first-order chi connectivity index (χ1) is 7.45. The molecular formula is C13H20O2S. The molecule has 1 atom stereocenters. The molecule has 0 aliphatic heterocycles. The van der Waals surface area contributed by atoms with Crippen LogP contribution in [-0.4, -0.2) is 21.6 Å². The minimum atomic E-state index is -0.653. The average molecular weight is 240 g/mol. The second-order valence-corrected chi connectivity index (χ2v) is 5.65. The highest BCUT2D eigenvalue weighted by atomic mass is 32.2. The second-order valence-electron chi connectivity index (χ2n) is 4.61. The smallest absolute Gasteiger partial charge is 0.0736 e. The van der Waals surface area contributed by atoms with Gasteiger partial charge in [0, 0.05) is 10.6 Å². The molecule has 16 heavy (non-hydrogen) atoms. The monoisotopic (exact) mass is 240 g/mol. The van der Waals surface area contributed by atoms with Crippen LogP contribution in [0.4, 0.5) is 0 Å². The van der Waals surface area contributed by atoms with E-state index in [-0.39, 0.29) is 12.5 Å². The molecule has 1 aromatic rings. The van der Waals surface area contributed by atoms with Crippen LogP contribution < -0.4 is 0 Å². The van der Waals surface area contributed by atoms with Gasteiger partial charge in [-0.25, -0.2) is 0 Å². The second kappa shape index (κ2) is 5.71. The van der Waals surface area contributed by atoms with Crippen LogP contribution in [0, 0.1) is 5.92 Å². The van der Waals surface area contributed by atoms with Crippen molar-refractivity contribution < 1.29 is 10.2 Å². The van der Waals surface area contributed by atoms with E-state index in [4.69, 9.17) is 5.11 Å². The number of rotatable bonds is 5. The van der Waals surface area contributed by atoms with Crippen LogP contribution >= 0.6 is 11.8 Å². The Hall–Kier alpha value is -0.510. The van der Waals surface area contributed by atoms with Crippen LogP contribution in [0.5, 0.6) is 0 Å². The van der Waals surface area contributed by atoms with Crippen molar-refractivity contribution in [3.8, 4) is 0 Å². The zero-order valence-electron chi connectivity index (χ0n) is 10.1. The molecule has 0 radical (unpaired) electrons. The number of thioether (sulfide) groups is 1. The largest absolute Gasteiger partial charge is 0.392 e. The van der Waals surface area contributed by atoms with Gasteiger partial charge in [-0.1, -0.05) is 26.0 Å². The summed E-state index contributed by atoms with van der Waals surface area (Å²) in [6.45, 7) is 5.96. The molecule has 0 saturated heterocycles. The molecule has 0 fully saturated rings. The van der Waals surface area contributed by atoms with Crippen molar-refractivity contribution >= 4 is 11.8 Å². The lowest BCUT2D eigenvalue weighted by molar-refractivity contribution is 0.0376. The van der Waals surface area contributed by atoms with Gasteiger partial charge in [0.2, 0.25) is 0 Å². The Morgan fingerprint density at radius 1 is 1.38 bits per heavy atom. The summed E-state index contributed by atoms with van der Waals surface area (Å²) >= 11 is 1.62. The Kier molecular flexibility index (Phi) is 4.84. The lowest BCUT2D eigenvalue weighted by atomic mass is 9.95. The third-order valence-corrected chi connectivity index (χ3v) is 4.17. The molecule has 0 bridgehead atoms. The topological polar surface area (TPSA) is 40.5 Å². The SMILES string of the molecule is CC(C)C(C)(O)CSc1cccc(CO)c1. The molecule has 1 aromatic carbocycles. The molecule has 0 aromatic heterocycles. The lowest BCUT2D eigenvalue weighted by Gasteiger charge is -2.27. The van der Waals surface area contributed by atoms with E-state index in [2.05, 4.69) is 0 Å². The molecule has 0 amide bonds. The normalized spacial score (nSPS) is 15.1. The summed E-state index contributed by atoms with van der Waals surface area (Å²) in [4.78, 5) is 1.09. The first-order valence-electron chi connectivity index (χ1n) is 5.50. The molecule has 0 spiro atoms. The van der Waals surface area contributed by atoms with E-state index in [0.717, 1.165) is 10.5 Å². The van der Waals surface area contributed by atoms with Gasteiger partial charge in [0.25, 0.3) is 0 Å². The Morgan fingerprint density at radius 2 is 2.06 bits per heavy atom. The number of aliphatic hydroxyl groups is 2. The molecule has 1 rings (SSSR count). The van der Waals surface area contributed by atoms with Crippen LogP contribution in [0.25, 0.3) is 0 Å². The van der Waals surface area contributed by atoms with Crippen molar-refractivity contribution in [3.63, 3.8) is 0 Å². The van der Waals surface area contributed by atoms with E-state index in [0.29, 0.717) is 5.75 Å². The Bertz CT molecular complexity index is 334. The molecule has 2 nitrogen and oxygen atoms in total. The highest BCUT2D eigenvalue weighted by Crippen LogP contribution is 2.27. The third kappa shape index (κ3) is 3.81. The zero-order valence-corrected chi connectivity index (χ0v) is 10.9. The minimum absolute atomic E-state index is 0.0645. The molecule has 90 valence electrons. The van der Waals surface area contributed by atoms with E-state index in [1.54, 1.807) is 11.8 Å². The van der Waals surface area contributed by atoms with Crippen LogP contribution in [0.1, 0.15) is 26.3 Å². The van der Waals surface area contributed by atoms with Gasteiger partial charge in [0.05, 0.1) is 12.2 Å². The van der Waals surface area contributed by atoms with Crippen LogP contribution in [0.15, 0.2) is 29.2 Å². The van der Waals surface area contributed by atoms with Gasteiger partial charge in [-0.2, -0.15) is 0 Å². The minimum Gasteiger partial charge on any atom is -0.392 e. The Balaban J connectivity index is 2.60. The third-order valence-electron chi connectivity index (χ3n) is 2.86. The molecule has 0 aliphatic rings. The zero-order chi connectivity index (χ0) is 12.2. The summed E-state index contributed by atoms with van der Waals surface area (Å²) in [7, 11) is 0. The molecule has 2 N–H and O–H groups in total. The maximum Gasteiger partial charge on any atom is 0.0736 e. The molecule has 0 aliphatic carbocycles. The molecule has 3 heteroatoms. The van der Waals surface area contributed by atoms with Gasteiger partial charge in [0.15, 0.2) is 0 Å². The average Bonchev–Trinajstić information content (AvgIpc) is 2.26. The summed E-state index contributed by atoms with van der Waals surface area (Å²) < 4.78 is 0. The predicted octanol–water partition coefficient (Wildman–Crippen LogP) is 2.68. The van der Waals surface area contributed by atoms with Crippen LogP contribution in [-0.2, 0) is 6.61 Å². The highest BCUT2D eigenvalue weighted by Gasteiger charge is 2.24. The van der Waals surface area contributed by atoms with Crippen molar-refractivity contribution in [3.05, 3.63) is 29.8 Å². The van der Waals surface area contributed by atoms with Crippen LogP contribution in [0.2, 0.25) is 0 Å². The van der Waals surface area contributed by atoms with E-state index >= 15 is 0 Å². The molecule has 0 heterocycles. The van der Waals surface area contributed by atoms with Gasteiger partial charge >= 0.3 is 0 Å². The fraction of sp³-hybridized carbons (Fsp3) is 0.538. The summed E-state index contributed by atoms with van der Waals surface area (Å²) in [6.07, 6.45) is 0. The quantitative estimate of drug-likeness (QED) is 0.777. The van der Waals surface area contributed by atoms with Gasteiger partial charge in [-0.3, -0.25) is 0 Å². The van der Waals surface area contributed by atoms with Crippen molar-refractivity contribution in [2.24, 2.45) is 5.92 Å². The summed E-state index contributed by atoms with van der Waals surface area (Å²) in [5, 5.41) is 19.1. The summed E-state index contributed by atoms with van der Waals surface area (Å²) in [6, 6.07) is 7.78. The van der Waals surface area contributed by atoms with Gasteiger partial charge in [-0.15, -0.1) is 11.8 Å². The van der Waals surface area contributed by atoms with Crippen molar-refractivity contribution in [1.82, 2.24) is 0 Å². The molecule has 0 saturated carbocycles. The number of benzene rings is 1. The van der Waals surface area contributed by atoms with E-state index < -0.39 is 5.60 Å². The summed E-state index contributed by atoms with van der Waals surface area (Å²) in [5.74, 6) is 0.903. The number of hydrogen-bond donors (Lipinski definition) is 2. The van der Waals surface area contributed by atoms with Crippen molar-refractivity contribution in [2.75, 3.05) is 5.75 Å². The first kappa shape index (κ1) is 13.6. The highest BCUT2D eigenvalue weighted by molar-refractivity contribution is 7.99. The van der Waals surface area contributed by atoms with E-state index in [9.17, 15) is 5.11 Å². The van der Waals surface area contributed by atoms with Gasteiger partial charge in [0.1, 0.15) is 0 Å². The van der Waals surface area contributed by atoms with Crippen molar-refractivity contribution in [1.29, 1.82) is 0 Å². The van der Waals surface area contributed by atoms with E-state index in [1.807, 2.05) is 45.0 Å². The Morgan fingerprint density at radius 3 is 2.62 bits per heavy atom. The lowest BCUT2D eigenvalue weighted by Crippen LogP contribution is -2.33. The maximum atomic E-state index is 10.1. The maximum absolute atomic E-state index is 10.1. The van der Waals surface area contributed by atoms with Gasteiger partial charge in [-0.05, 0) is 30.5 Å². The van der Waals surface area contributed by atoms with E-state index in [1.165, 1.54) is 0 Å². The molecular weight excluding hydrogens is 220 g/mol. The van der Waals surface area contributed by atoms with Crippen LogP contribution in [0.3, 0.4) is 0 Å². The number of aliphatic hydroxyl groups excluding tert-OH is 1. The van der Waals surface area contributed by atoms with Gasteiger partial charge < -0.3 is 10.2 Å². The molecule has 1 unspecified atom stereocenters. The summed E-state index contributed by atoms with van der Waals surface area (Å²) in [5.41, 5.74) is 0.258. The standard InChI is InChI=1S/C13H20O2S/c1-10(2)13(3,15)9-16-12-6-4-5-11(7-12)8-14/h4-7,10,14-15H,8-9H2,1-3H3. The Labute approximate surface area is 102 Å². The predicted molar refractivity (Wildman–Crippen MR) is 68.6 cm³/mol. The fourth-order valence-corrected chi connectivity index (χ4v) is 2.33. The number of hydrogen-bond acceptors (Lipinski definition) is 3.